The first kappa shape index (κ1) is 20.7. The van der Waals surface area contributed by atoms with Gasteiger partial charge in [0.05, 0.1) is 14.2 Å². The van der Waals surface area contributed by atoms with Crippen LogP contribution >= 0.6 is 0 Å². The Kier molecular flexibility index (Phi) is 6.42. The summed E-state index contributed by atoms with van der Waals surface area (Å²) >= 11 is 0. The molecule has 2 aromatic carbocycles. The van der Waals surface area contributed by atoms with Crippen LogP contribution in [0.25, 0.3) is 0 Å². The number of rotatable bonds is 7. The zero-order valence-electron chi connectivity index (χ0n) is 17.4. The van der Waals surface area contributed by atoms with E-state index in [0.29, 0.717) is 13.1 Å². The molecule has 1 heterocycles. The van der Waals surface area contributed by atoms with E-state index in [1.165, 1.54) is 0 Å². The summed E-state index contributed by atoms with van der Waals surface area (Å²) in [7, 11) is 3.24. The van der Waals surface area contributed by atoms with Crippen LogP contribution in [0.3, 0.4) is 0 Å². The van der Waals surface area contributed by atoms with Crippen LogP contribution < -0.4 is 9.47 Å². The fourth-order valence-corrected chi connectivity index (χ4v) is 3.65. The van der Waals surface area contributed by atoms with E-state index in [-0.39, 0.29) is 24.3 Å². The first-order valence-corrected chi connectivity index (χ1v) is 9.77. The van der Waals surface area contributed by atoms with Crippen molar-refractivity contribution in [3.05, 3.63) is 59.7 Å². The van der Waals surface area contributed by atoms with Gasteiger partial charge in [0.2, 0.25) is 11.8 Å². The summed E-state index contributed by atoms with van der Waals surface area (Å²) in [6.45, 7) is 4.87. The first-order chi connectivity index (χ1) is 13.9. The van der Waals surface area contributed by atoms with Crippen molar-refractivity contribution in [3.63, 3.8) is 0 Å². The molecule has 1 fully saturated rings. The van der Waals surface area contributed by atoms with Crippen molar-refractivity contribution >= 4 is 11.8 Å². The summed E-state index contributed by atoms with van der Waals surface area (Å²) in [6.07, 6.45) is 0. The molecule has 154 valence electrons. The van der Waals surface area contributed by atoms with E-state index in [9.17, 15) is 9.59 Å². The maximum absolute atomic E-state index is 13.2. The van der Waals surface area contributed by atoms with Gasteiger partial charge in [-0.3, -0.25) is 9.59 Å². The summed E-state index contributed by atoms with van der Waals surface area (Å²) < 4.78 is 10.4. The molecule has 0 radical (unpaired) electrons. The van der Waals surface area contributed by atoms with Crippen LogP contribution in [0.15, 0.2) is 48.5 Å². The lowest BCUT2D eigenvalue weighted by atomic mass is 9.97. The van der Waals surface area contributed by atoms with Gasteiger partial charge in [0.1, 0.15) is 24.1 Å². The minimum Gasteiger partial charge on any atom is -0.497 e. The number of ether oxygens (including phenoxy) is 2. The number of carbonyl (C=O) groups excluding carboxylic acids is 2. The van der Waals surface area contributed by atoms with Crippen LogP contribution in [0, 0.1) is 5.92 Å². The molecule has 6 heteroatoms. The highest BCUT2D eigenvalue weighted by Gasteiger charge is 2.40. The summed E-state index contributed by atoms with van der Waals surface area (Å²) in [6, 6.07) is 14.7. The molecule has 29 heavy (non-hydrogen) atoms. The van der Waals surface area contributed by atoms with Crippen LogP contribution in [0.1, 0.15) is 25.0 Å². The predicted molar refractivity (Wildman–Crippen MR) is 111 cm³/mol. The quantitative estimate of drug-likeness (QED) is 0.722. The summed E-state index contributed by atoms with van der Waals surface area (Å²) in [5.74, 6) is 1.50. The molecule has 0 bridgehead atoms. The fourth-order valence-electron chi connectivity index (χ4n) is 3.65. The molecule has 0 N–H and O–H groups in total. The van der Waals surface area contributed by atoms with Crippen molar-refractivity contribution in [3.8, 4) is 11.5 Å². The van der Waals surface area contributed by atoms with E-state index >= 15 is 0 Å². The van der Waals surface area contributed by atoms with Gasteiger partial charge in [-0.2, -0.15) is 0 Å². The Balaban J connectivity index is 1.76. The van der Waals surface area contributed by atoms with Crippen LogP contribution in [0.2, 0.25) is 0 Å². The highest BCUT2D eigenvalue weighted by molar-refractivity contribution is 5.95. The van der Waals surface area contributed by atoms with Crippen LogP contribution in [-0.4, -0.2) is 48.4 Å². The van der Waals surface area contributed by atoms with Crippen LogP contribution in [0.4, 0.5) is 0 Å². The molecule has 6 nitrogen and oxygen atoms in total. The highest BCUT2D eigenvalue weighted by atomic mass is 16.5. The Hall–Kier alpha value is -3.02. The Labute approximate surface area is 172 Å². The molecule has 0 aliphatic carbocycles. The predicted octanol–water partition coefficient (Wildman–Crippen LogP) is 3.10. The number of piperazine rings is 1. The van der Waals surface area contributed by atoms with E-state index in [1.807, 2.05) is 62.4 Å². The monoisotopic (exact) mass is 396 g/mol. The lowest BCUT2D eigenvalue weighted by Gasteiger charge is -2.42. The van der Waals surface area contributed by atoms with E-state index in [0.717, 1.165) is 22.6 Å². The molecule has 0 aromatic heterocycles. The van der Waals surface area contributed by atoms with Gasteiger partial charge in [-0.1, -0.05) is 38.1 Å². The molecule has 2 aromatic rings. The van der Waals surface area contributed by atoms with Gasteiger partial charge in [0, 0.05) is 13.1 Å². The Morgan fingerprint density at radius 2 is 1.34 bits per heavy atom. The highest BCUT2D eigenvalue weighted by Crippen LogP contribution is 2.24. The molecule has 1 saturated heterocycles. The van der Waals surface area contributed by atoms with Gasteiger partial charge in [-0.15, -0.1) is 0 Å². The SMILES string of the molecule is COc1ccc(CN2CC(=O)N(Cc3ccc(OC)cc3)C(C(C)C)C2=O)cc1. The Morgan fingerprint density at radius 3 is 1.79 bits per heavy atom. The second-order valence-corrected chi connectivity index (χ2v) is 7.60. The molecule has 1 aliphatic heterocycles. The third-order valence-corrected chi connectivity index (χ3v) is 5.22. The maximum atomic E-state index is 13.2. The molecule has 2 amide bonds. The minimum absolute atomic E-state index is 0.0103. The van der Waals surface area contributed by atoms with Gasteiger partial charge in [0.25, 0.3) is 0 Å². The second-order valence-electron chi connectivity index (χ2n) is 7.60. The van der Waals surface area contributed by atoms with E-state index in [4.69, 9.17) is 9.47 Å². The lowest BCUT2D eigenvalue weighted by Crippen LogP contribution is -2.60. The van der Waals surface area contributed by atoms with Crippen LogP contribution in [0.5, 0.6) is 11.5 Å². The minimum atomic E-state index is -0.475. The third-order valence-electron chi connectivity index (χ3n) is 5.22. The van der Waals surface area contributed by atoms with Crippen molar-refractivity contribution in [1.82, 2.24) is 9.80 Å². The Morgan fingerprint density at radius 1 is 0.862 bits per heavy atom. The lowest BCUT2D eigenvalue weighted by molar-refractivity contribution is -0.159. The number of methoxy groups -OCH3 is 2. The van der Waals surface area contributed by atoms with Crippen molar-refractivity contribution in [2.24, 2.45) is 5.92 Å². The summed E-state index contributed by atoms with van der Waals surface area (Å²) in [5.41, 5.74) is 1.94. The van der Waals surface area contributed by atoms with Crippen molar-refractivity contribution < 1.29 is 19.1 Å². The second kappa shape index (κ2) is 8.99. The molecule has 0 spiro atoms. The van der Waals surface area contributed by atoms with Gasteiger partial charge >= 0.3 is 0 Å². The maximum Gasteiger partial charge on any atom is 0.246 e. The number of benzene rings is 2. The van der Waals surface area contributed by atoms with E-state index < -0.39 is 6.04 Å². The number of hydrogen-bond donors (Lipinski definition) is 0. The fraction of sp³-hybridized carbons (Fsp3) is 0.391. The average Bonchev–Trinajstić information content (AvgIpc) is 2.72. The zero-order chi connectivity index (χ0) is 21.0. The van der Waals surface area contributed by atoms with Crippen molar-refractivity contribution in [1.29, 1.82) is 0 Å². The van der Waals surface area contributed by atoms with Crippen LogP contribution in [-0.2, 0) is 22.7 Å². The summed E-state index contributed by atoms with van der Waals surface area (Å²) in [4.78, 5) is 29.6. The van der Waals surface area contributed by atoms with Gasteiger partial charge in [0.15, 0.2) is 0 Å². The standard InChI is InChI=1S/C23H28N2O4/c1-16(2)22-23(27)24(13-17-5-9-19(28-3)10-6-17)15-21(26)25(22)14-18-7-11-20(29-4)12-8-18/h5-12,16,22H,13-15H2,1-4H3. The molecular weight excluding hydrogens is 368 g/mol. The van der Waals surface area contributed by atoms with E-state index in [1.54, 1.807) is 24.0 Å². The molecule has 0 saturated carbocycles. The smallest absolute Gasteiger partial charge is 0.246 e. The number of carbonyl (C=O) groups is 2. The molecule has 1 aliphatic rings. The number of nitrogens with zero attached hydrogens (tertiary/aromatic N) is 2. The molecule has 1 unspecified atom stereocenters. The van der Waals surface area contributed by atoms with Gasteiger partial charge in [-0.05, 0) is 41.3 Å². The topological polar surface area (TPSA) is 59.1 Å². The average molecular weight is 396 g/mol. The molecule has 3 rings (SSSR count). The number of hydrogen-bond acceptors (Lipinski definition) is 4. The van der Waals surface area contributed by atoms with Crippen molar-refractivity contribution in [2.45, 2.75) is 33.0 Å². The normalized spacial score (nSPS) is 17.1. The van der Waals surface area contributed by atoms with Crippen molar-refractivity contribution in [2.75, 3.05) is 20.8 Å². The molecule has 1 atom stereocenters. The van der Waals surface area contributed by atoms with E-state index in [2.05, 4.69) is 0 Å². The van der Waals surface area contributed by atoms with Gasteiger partial charge in [-0.25, -0.2) is 0 Å². The summed E-state index contributed by atoms with van der Waals surface area (Å²) in [5, 5.41) is 0. The van der Waals surface area contributed by atoms with Gasteiger partial charge < -0.3 is 19.3 Å². The largest absolute Gasteiger partial charge is 0.497 e. The Bertz CT molecular complexity index is 846. The number of amides is 2. The zero-order valence-corrected chi connectivity index (χ0v) is 17.4. The first-order valence-electron chi connectivity index (χ1n) is 9.77. The molecular formula is C23H28N2O4. The third kappa shape index (κ3) is 4.70.